The van der Waals surface area contributed by atoms with Crippen LogP contribution >= 0.6 is 0 Å². The minimum atomic E-state index is 0.0321. The lowest BCUT2D eigenvalue weighted by molar-refractivity contribution is -0.120. The first-order valence-electron chi connectivity index (χ1n) is 5.31. The molecule has 15 heavy (non-hydrogen) atoms. The molecule has 1 amide bonds. The molecule has 82 valence electrons. The second-order valence-corrected chi connectivity index (χ2v) is 3.49. The Morgan fingerprint density at radius 1 is 1.27 bits per heavy atom. The zero-order valence-corrected chi connectivity index (χ0v) is 9.12. The van der Waals surface area contributed by atoms with Gasteiger partial charge in [0.15, 0.2) is 0 Å². The van der Waals surface area contributed by atoms with Gasteiger partial charge in [-0.05, 0) is 17.5 Å². The summed E-state index contributed by atoms with van der Waals surface area (Å²) in [5.74, 6) is 0.0321. The standard InChI is InChI=1S/C12H18N2O/c1-2-10-3-5-11(6-4-10)9-12(15)14-8-7-13/h3-6H,2,7-9,13H2,1H3,(H,14,15). The maximum Gasteiger partial charge on any atom is 0.224 e. The summed E-state index contributed by atoms with van der Waals surface area (Å²) < 4.78 is 0. The molecular formula is C12H18N2O. The minimum absolute atomic E-state index is 0.0321. The van der Waals surface area contributed by atoms with Crippen molar-refractivity contribution < 1.29 is 4.79 Å². The Bertz CT molecular complexity index is 306. The second kappa shape index (κ2) is 6.19. The van der Waals surface area contributed by atoms with Gasteiger partial charge < -0.3 is 11.1 Å². The minimum Gasteiger partial charge on any atom is -0.355 e. The van der Waals surface area contributed by atoms with E-state index in [0.717, 1.165) is 12.0 Å². The van der Waals surface area contributed by atoms with Crippen molar-refractivity contribution in [2.24, 2.45) is 5.73 Å². The number of nitrogens with one attached hydrogen (secondary N) is 1. The average Bonchev–Trinajstić information content (AvgIpc) is 2.27. The van der Waals surface area contributed by atoms with E-state index in [1.807, 2.05) is 12.1 Å². The van der Waals surface area contributed by atoms with Gasteiger partial charge in [0.05, 0.1) is 6.42 Å². The van der Waals surface area contributed by atoms with E-state index in [-0.39, 0.29) is 5.91 Å². The van der Waals surface area contributed by atoms with Crippen molar-refractivity contribution in [2.45, 2.75) is 19.8 Å². The Hall–Kier alpha value is -1.35. The highest BCUT2D eigenvalue weighted by atomic mass is 16.1. The van der Waals surface area contributed by atoms with Gasteiger partial charge in [-0.2, -0.15) is 0 Å². The lowest BCUT2D eigenvalue weighted by Crippen LogP contribution is -2.30. The molecule has 0 bridgehead atoms. The summed E-state index contributed by atoms with van der Waals surface area (Å²) in [6.07, 6.45) is 1.46. The smallest absolute Gasteiger partial charge is 0.224 e. The first kappa shape index (κ1) is 11.7. The number of aryl methyl sites for hydroxylation is 1. The molecule has 0 atom stereocenters. The highest BCUT2D eigenvalue weighted by molar-refractivity contribution is 5.78. The maximum absolute atomic E-state index is 11.4. The van der Waals surface area contributed by atoms with Crippen LogP contribution in [0.4, 0.5) is 0 Å². The molecular weight excluding hydrogens is 188 g/mol. The lowest BCUT2D eigenvalue weighted by atomic mass is 10.1. The average molecular weight is 206 g/mol. The number of hydrogen-bond acceptors (Lipinski definition) is 2. The van der Waals surface area contributed by atoms with Crippen LogP contribution in [-0.4, -0.2) is 19.0 Å². The van der Waals surface area contributed by atoms with Crippen LogP contribution in [0, 0.1) is 0 Å². The van der Waals surface area contributed by atoms with Crippen LogP contribution < -0.4 is 11.1 Å². The van der Waals surface area contributed by atoms with Gasteiger partial charge in [0.2, 0.25) is 5.91 Å². The molecule has 1 rings (SSSR count). The van der Waals surface area contributed by atoms with Gasteiger partial charge in [0, 0.05) is 13.1 Å². The summed E-state index contributed by atoms with van der Waals surface area (Å²) in [5, 5.41) is 2.75. The van der Waals surface area contributed by atoms with Crippen molar-refractivity contribution >= 4 is 5.91 Å². The normalized spacial score (nSPS) is 10.0. The molecule has 0 fully saturated rings. The first-order valence-corrected chi connectivity index (χ1v) is 5.31. The summed E-state index contributed by atoms with van der Waals surface area (Å²) in [4.78, 5) is 11.4. The highest BCUT2D eigenvalue weighted by Gasteiger charge is 2.01. The number of benzene rings is 1. The SMILES string of the molecule is CCc1ccc(CC(=O)NCCN)cc1. The number of rotatable bonds is 5. The third-order valence-electron chi connectivity index (χ3n) is 2.26. The number of nitrogens with two attached hydrogens (primary N) is 1. The summed E-state index contributed by atoms with van der Waals surface area (Å²) in [5.41, 5.74) is 7.63. The zero-order valence-electron chi connectivity index (χ0n) is 9.12. The molecule has 0 spiro atoms. The van der Waals surface area contributed by atoms with E-state index in [1.54, 1.807) is 0 Å². The van der Waals surface area contributed by atoms with Gasteiger partial charge >= 0.3 is 0 Å². The van der Waals surface area contributed by atoms with Gasteiger partial charge in [-0.15, -0.1) is 0 Å². The molecule has 3 nitrogen and oxygen atoms in total. The topological polar surface area (TPSA) is 55.1 Å². The Labute approximate surface area is 90.7 Å². The van der Waals surface area contributed by atoms with E-state index in [0.29, 0.717) is 19.5 Å². The van der Waals surface area contributed by atoms with Gasteiger partial charge in [0.1, 0.15) is 0 Å². The predicted molar refractivity (Wildman–Crippen MR) is 61.6 cm³/mol. The van der Waals surface area contributed by atoms with E-state index in [4.69, 9.17) is 5.73 Å². The van der Waals surface area contributed by atoms with Gasteiger partial charge in [-0.3, -0.25) is 4.79 Å². The molecule has 3 heteroatoms. The molecule has 0 aliphatic heterocycles. The number of hydrogen-bond donors (Lipinski definition) is 2. The summed E-state index contributed by atoms with van der Waals surface area (Å²) in [6.45, 7) is 3.15. The van der Waals surface area contributed by atoms with Crippen LogP contribution in [0.3, 0.4) is 0 Å². The van der Waals surface area contributed by atoms with E-state index < -0.39 is 0 Å². The molecule has 0 radical (unpaired) electrons. The van der Waals surface area contributed by atoms with E-state index in [9.17, 15) is 4.79 Å². The summed E-state index contributed by atoms with van der Waals surface area (Å²) in [7, 11) is 0. The Morgan fingerprint density at radius 2 is 1.87 bits per heavy atom. The molecule has 0 unspecified atom stereocenters. The van der Waals surface area contributed by atoms with Crippen LogP contribution in [0.2, 0.25) is 0 Å². The van der Waals surface area contributed by atoms with Crippen LogP contribution in [0.5, 0.6) is 0 Å². The monoisotopic (exact) mass is 206 g/mol. The second-order valence-electron chi connectivity index (χ2n) is 3.49. The summed E-state index contributed by atoms with van der Waals surface area (Å²) >= 11 is 0. The van der Waals surface area contributed by atoms with Crippen LogP contribution in [-0.2, 0) is 17.6 Å². The number of carbonyl (C=O) groups is 1. The Kier molecular flexibility index (Phi) is 4.84. The molecule has 0 aliphatic rings. The van der Waals surface area contributed by atoms with Crippen molar-refractivity contribution in [1.82, 2.24) is 5.32 Å². The predicted octanol–water partition coefficient (Wildman–Crippen LogP) is 0.866. The van der Waals surface area contributed by atoms with E-state index in [1.165, 1.54) is 5.56 Å². The van der Waals surface area contributed by atoms with Crippen LogP contribution in [0.25, 0.3) is 0 Å². The molecule has 1 aromatic carbocycles. The van der Waals surface area contributed by atoms with Crippen molar-refractivity contribution in [2.75, 3.05) is 13.1 Å². The first-order chi connectivity index (χ1) is 7.26. The largest absolute Gasteiger partial charge is 0.355 e. The van der Waals surface area contributed by atoms with E-state index in [2.05, 4.69) is 24.4 Å². The molecule has 0 saturated heterocycles. The Morgan fingerprint density at radius 3 is 2.40 bits per heavy atom. The maximum atomic E-state index is 11.4. The molecule has 0 aromatic heterocycles. The number of amides is 1. The van der Waals surface area contributed by atoms with Crippen molar-refractivity contribution in [1.29, 1.82) is 0 Å². The molecule has 0 aliphatic carbocycles. The van der Waals surface area contributed by atoms with Crippen LogP contribution in [0.1, 0.15) is 18.1 Å². The van der Waals surface area contributed by atoms with Gasteiger partial charge in [0.25, 0.3) is 0 Å². The van der Waals surface area contributed by atoms with E-state index >= 15 is 0 Å². The lowest BCUT2D eigenvalue weighted by Gasteiger charge is -2.04. The van der Waals surface area contributed by atoms with Gasteiger partial charge in [-0.25, -0.2) is 0 Å². The van der Waals surface area contributed by atoms with Crippen LogP contribution in [0.15, 0.2) is 24.3 Å². The Balaban J connectivity index is 2.46. The fourth-order valence-electron chi connectivity index (χ4n) is 1.35. The fraction of sp³-hybridized carbons (Fsp3) is 0.417. The third-order valence-corrected chi connectivity index (χ3v) is 2.26. The number of carbonyl (C=O) groups excluding carboxylic acids is 1. The summed E-state index contributed by atoms with van der Waals surface area (Å²) in [6, 6.07) is 8.12. The zero-order chi connectivity index (χ0) is 11.1. The van der Waals surface area contributed by atoms with Crippen molar-refractivity contribution in [3.05, 3.63) is 35.4 Å². The fourth-order valence-corrected chi connectivity index (χ4v) is 1.35. The molecule has 0 saturated carbocycles. The van der Waals surface area contributed by atoms with Crippen molar-refractivity contribution in [3.63, 3.8) is 0 Å². The van der Waals surface area contributed by atoms with Gasteiger partial charge in [-0.1, -0.05) is 31.2 Å². The quantitative estimate of drug-likeness (QED) is 0.751. The molecule has 3 N–H and O–H groups in total. The highest BCUT2D eigenvalue weighted by Crippen LogP contribution is 2.05. The molecule has 1 aromatic rings. The third kappa shape index (κ3) is 4.13. The molecule has 0 heterocycles. The van der Waals surface area contributed by atoms with Crippen molar-refractivity contribution in [3.8, 4) is 0 Å².